The number of hydrogen-bond acceptors (Lipinski definition) is 4. The summed E-state index contributed by atoms with van der Waals surface area (Å²) in [4.78, 5) is 36.9. The van der Waals surface area contributed by atoms with Gasteiger partial charge in [0.2, 0.25) is 11.8 Å². The van der Waals surface area contributed by atoms with Crippen molar-refractivity contribution in [2.45, 2.75) is 57.8 Å². The number of morpholine rings is 1. The number of carbonyl (C=O) groups excluding carboxylic acids is 2. The van der Waals surface area contributed by atoms with Crippen LogP contribution in [-0.4, -0.2) is 59.1 Å². The van der Waals surface area contributed by atoms with E-state index in [1.807, 2.05) is 0 Å². The van der Waals surface area contributed by atoms with Gasteiger partial charge in [-0.05, 0) is 25.7 Å². The predicted octanol–water partition coefficient (Wildman–Crippen LogP) is 0.382. The number of carbonyl (C=O) groups is 3. The number of ether oxygens (including phenoxy) is 1. The molecule has 7 nitrogen and oxygen atoms in total. The van der Waals surface area contributed by atoms with Crippen molar-refractivity contribution in [3.8, 4) is 0 Å². The molecule has 0 spiro atoms. The predicted molar refractivity (Wildman–Crippen MR) is 78.1 cm³/mol. The zero-order valence-corrected chi connectivity index (χ0v) is 13.1. The lowest BCUT2D eigenvalue weighted by Crippen LogP contribution is -2.58. The van der Waals surface area contributed by atoms with E-state index in [4.69, 9.17) is 9.84 Å². The molecule has 2 aliphatic rings. The normalized spacial score (nSPS) is 27.5. The smallest absolute Gasteiger partial charge is 0.334 e. The summed E-state index contributed by atoms with van der Waals surface area (Å²) in [6, 6.07) is -0.556. The van der Waals surface area contributed by atoms with E-state index >= 15 is 0 Å². The fraction of sp³-hybridized carbons (Fsp3) is 0.800. The number of nitrogens with one attached hydrogen (secondary N) is 1. The molecule has 0 aromatic rings. The first-order valence-electron chi connectivity index (χ1n) is 7.82. The van der Waals surface area contributed by atoms with Crippen LogP contribution in [0.2, 0.25) is 0 Å². The average Bonchev–Trinajstić information content (AvgIpc) is 2.97. The Morgan fingerprint density at radius 3 is 2.41 bits per heavy atom. The quantitative estimate of drug-likeness (QED) is 0.782. The van der Waals surface area contributed by atoms with E-state index in [9.17, 15) is 14.4 Å². The van der Waals surface area contributed by atoms with Crippen LogP contribution in [0.4, 0.5) is 0 Å². The highest BCUT2D eigenvalue weighted by atomic mass is 16.5. The third-order valence-electron chi connectivity index (χ3n) is 4.34. The Hall–Kier alpha value is -1.63. The zero-order chi connectivity index (χ0) is 16.3. The second kappa shape index (κ2) is 7.09. The summed E-state index contributed by atoms with van der Waals surface area (Å²) in [5, 5.41) is 11.9. The molecule has 1 saturated carbocycles. The van der Waals surface area contributed by atoms with Crippen molar-refractivity contribution in [3.63, 3.8) is 0 Å². The molecule has 7 heteroatoms. The summed E-state index contributed by atoms with van der Waals surface area (Å²) in [7, 11) is 0. The van der Waals surface area contributed by atoms with Gasteiger partial charge in [0.15, 0.2) is 6.10 Å². The van der Waals surface area contributed by atoms with Gasteiger partial charge < -0.3 is 20.1 Å². The maximum Gasteiger partial charge on any atom is 0.334 e. The number of hydrogen-bond donors (Lipinski definition) is 2. The van der Waals surface area contributed by atoms with Crippen LogP contribution >= 0.6 is 0 Å². The molecule has 0 radical (unpaired) electrons. The van der Waals surface area contributed by atoms with Gasteiger partial charge in [0.1, 0.15) is 6.04 Å². The first-order valence-corrected chi connectivity index (χ1v) is 7.82. The van der Waals surface area contributed by atoms with E-state index in [1.165, 1.54) is 11.8 Å². The molecule has 0 bridgehead atoms. The van der Waals surface area contributed by atoms with Crippen LogP contribution in [0.15, 0.2) is 0 Å². The van der Waals surface area contributed by atoms with Crippen LogP contribution < -0.4 is 5.32 Å². The van der Waals surface area contributed by atoms with Gasteiger partial charge in [-0.1, -0.05) is 12.8 Å². The van der Waals surface area contributed by atoms with Gasteiger partial charge in [-0.2, -0.15) is 0 Å². The Morgan fingerprint density at radius 1 is 1.23 bits per heavy atom. The minimum atomic E-state index is -1.07. The van der Waals surface area contributed by atoms with Gasteiger partial charge in [-0.25, -0.2) is 4.79 Å². The molecule has 2 N–H and O–H groups in total. The van der Waals surface area contributed by atoms with Gasteiger partial charge in [-0.15, -0.1) is 0 Å². The third-order valence-corrected chi connectivity index (χ3v) is 4.34. The number of aliphatic carboxylic acids is 1. The number of nitrogens with zero attached hydrogens (tertiary/aromatic N) is 1. The van der Waals surface area contributed by atoms with Crippen molar-refractivity contribution in [2.75, 3.05) is 13.1 Å². The lowest BCUT2D eigenvalue weighted by atomic mass is 9.96. The number of rotatable bonds is 4. The lowest BCUT2D eigenvalue weighted by molar-refractivity contribution is -0.167. The molecule has 124 valence electrons. The molecule has 22 heavy (non-hydrogen) atoms. The summed E-state index contributed by atoms with van der Waals surface area (Å²) < 4.78 is 5.33. The van der Waals surface area contributed by atoms with Crippen LogP contribution in [0, 0.1) is 5.92 Å². The average molecular weight is 312 g/mol. The van der Waals surface area contributed by atoms with Crippen molar-refractivity contribution < 1.29 is 24.2 Å². The van der Waals surface area contributed by atoms with Crippen molar-refractivity contribution >= 4 is 17.8 Å². The minimum absolute atomic E-state index is 0.0291. The van der Waals surface area contributed by atoms with Crippen LogP contribution in [0.1, 0.15) is 39.5 Å². The lowest BCUT2D eigenvalue weighted by Gasteiger charge is -2.38. The second-order valence-electron chi connectivity index (χ2n) is 6.24. The van der Waals surface area contributed by atoms with E-state index in [1.54, 1.807) is 6.92 Å². The van der Waals surface area contributed by atoms with Gasteiger partial charge in [0.25, 0.3) is 0 Å². The molecule has 1 aliphatic carbocycles. The van der Waals surface area contributed by atoms with E-state index in [-0.39, 0.29) is 30.4 Å². The Bertz CT molecular complexity index is 447. The summed E-state index contributed by atoms with van der Waals surface area (Å²) in [6.07, 6.45) is 2.61. The van der Waals surface area contributed by atoms with Crippen LogP contribution in [-0.2, 0) is 19.1 Å². The Labute approximate surface area is 130 Å². The van der Waals surface area contributed by atoms with Crippen molar-refractivity contribution in [1.82, 2.24) is 10.2 Å². The van der Waals surface area contributed by atoms with Crippen molar-refractivity contribution in [1.29, 1.82) is 0 Å². The first-order chi connectivity index (χ1) is 10.4. The van der Waals surface area contributed by atoms with E-state index < -0.39 is 18.1 Å². The van der Waals surface area contributed by atoms with Crippen molar-refractivity contribution in [2.24, 2.45) is 5.92 Å². The van der Waals surface area contributed by atoms with Gasteiger partial charge in [-0.3, -0.25) is 9.59 Å². The topological polar surface area (TPSA) is 95.9 Å². The number of carboxylic acid groups (broad SMARTS) is 1. The first kappa shape index (κ1) is 16.7. The van der Waals surface area contributed by atoms with Gasteiger partial charge in [0.05, 0.1) is 12.6 Å². The molecule has 2 amide bonds. The highest BCUT2D eigenvalue weighted by Gasteiger charge is 2.38. The maximum atomic E-state index is 12.8. The molecule has 1 aliphatic heterocycles. The Balaban J connectivity index is 2.10. The van der Waals surface area contributed by atoms with Crippen LogP contribution in [0.3, 0.4) is 0 Å². The van der Waals surface area contributed by atoms with Crippen LogP contribution in [0.25, 0.3) is 0 Å². The molecule has 3 atom stereocenters. The molecule has 0 aromatic heterocycles. The zero-order valence-electron chi connectivity index (χ0n) is 13.1. The SMILES string of the molecule is CC(=O)NC(C(=O)N1CC(C(=O)O)O[C@H](C)C1)C1CCCC1. The largest absolute Gasteiger partial charge is 0.479 e. The molecular weight excluding hydrogens is 288 g/mol. The fourth-order valence-corrected chi connectivity index (χ4v) is 3.36. The third kappa shape index (κ3) is 3.97. The second-order valence-corrected chi connectivity index (χ2v) is 6.24. The highest BCUT2D eigenvalue weighted by molar-refractivity contribution is 5.88. The summed E-state index contributed by atoms with van der Waals surface area (Å²) in [5.41, 5.74) is 0. The maximum absolute atomic E-state index is 12.8. The Kier molecular flexibility index (Phi) is 5.39. The highest BCUT2D eigenvalue weighted by Crippen LogP contribution is 2.29. The van der Waals surface area contributed by atoms with Crippen molar-refractivity contribution in [3.05, 3.63) is 0 Å². The summed E-state index contributed by atoms with van der Waals surface area (Å²) in [6.45, 7) is 3.53. The number of amides is 2. The summed E-state index contributed by atoms with van der Waals surface area (Å²) in [5.74, 6) is -1.36. The van der Waals surface area contributed by atoms with E-state index in [2.05, 4.69) is 5.32 Å². The number of carboxylic acids is 1. The molecule has 2 unspecified atom stereocenters. The van der Waals surface area contributed by atoms with Gasteiger partial charge >= 0.3 is 5.97 Å². The Morgan fingerprint density at radius 2 is 1.86 bits per heavy atom. The van der Waals surface area contributed by atoms with E-state index in [0.29, 0.717) is 6.54 Å². The van der Waals surface area contributed by atoms with E-state index in [0.717, 1.165) is 25.7 Å². The van der Waals surface area contributed by atoms with Gasteiger partial charge in [0, 0.05) is 13.5 Å². The molecule has 1 heterocycles. The molecule has 1 saturated heterocycles. The van der Waals surface area contributed by atoms with Crippen LogP contribution in [0.5, 0.6) is 0 Å². The molecular formula is C15H24N2O5. The minimum Gasteiger partial charge on any atom is -0.479 e. The summed E-state index contributed by atoms with van der Waals surface area (Å²) >= 11 is 0. The molecule has 0 aromatic carbocycles. The molecule has 2 rings (SSSR count). The standard InChI is InChI=1S/C15H24N2O5/c1-9-7-17(8-12(22-9)15(20)21)14(19)13(16-10(2)18)11-5-3-4-6-11/h9,11-13H,3-8H2,1-2H3,(H,16,18)(H,20,21)/t9-,12?,13?/m1/s1. The molecule has 2 fully saturated rings. The fourth-order valence-electron chi connectivity index (χ4n) is 3.36. The monoisotopic (exact) mass is 312 g/mol.